The molecule has 0 radical (unpaired) electrons. The number of benzene rings is 2. The van der Waals surface area contributed by atoms with Crippen LogP contribution in [0.4, 0.5) is 0 Å². The molecule has 2 aromatic carbocycles. The van der Waals surface area contributed by atoms with Gasteiger partial charge in [0.05, 0.1) is 32.5 Å². The maximum absolute atomic E-state index is 12.6. The maximum atomic E-state index is 12.6. The standard InChI is InChI=1S/C28H31N3O7/c1-3-37-25-15-23(14-24(16-25)28(35)36-2)21-9-10-22(13-21)27(34)30-18-29-26(33)11-12-31(19-32)38-17-20-7-5-4-6-8-20/h4-10,14-16,19H,3,11-13,17-18H2,1-2H3,(H,29,33)(H,30,34). The molecule has 0 aromatic heterocycles. The van der Waals surface area contributed by atoms with Gasteiger partial charge in [-0.05, 0) is 41.8 Å². The number of nitrogens with zero attached hydrogens (tertiary/aromatic N) is 1. The van der Waals surface area contributed by atoms with Gasteiger partial charge in [0.15, 0.2) is 0 Å². The first-order chi connectivity index (χ1) is 18.4. The largest absolute Gasteiger partial charge is 0.494 e. The van der Waals surface area contributed by atoms with Crippen molar-refractivity contribution < 1.29 is 33.5 Å². The molecule has 0 aliphatic heterocycles. The highest BCUT2D eigenvalue weighted by Gasteiger charge is 2.19. The lowest BCUT2D eigenvalue weighted by Crippen LogP contribution is -2.39. The molecule has 10 nitrogen and oxygen atoms in total. The molecule has 38 heavy (non-hydrogen) atoms. The predicted octanol–water partition coefficient (Wildman–Crippen LogP) is 2.76. The number of carbonyl (C=O) groups is 4. The van der Waals surface area contributed by atoms with Crippen molar-refractivity contribution in [2.24, 2.45) is 0 Å². The first-order valence-corrected chi connectivity index (χ1v) is 12.1. The van der Waals surface area contributed by atoms with Crippen LogP contribution in [0.3, 0.4) is 0 Å². The summed E-state index contributed by atoms with van der Waals surface area (Å²) in [5.41, 5.74) is 3.36. The van der Waals surface area contributed by atoms with Crippen molar-refractivity contribution in [1.82, 2.24) is 15.7 Å². The Bertz CT molecular complexity index is 1210. The van der Waals surface area contributed by atoms with Gasteiger partial charge in [0.25, 0.3) is 0 Å². The summed E-state index contributed by atoms with van der Waals surface area (Å²) in [6.07, 6.45) is 4.39. The van der Waals surface area contributed by atoms with E-state index in [1.54, 1.807) is 18.2 Å². The number of amides is 3. The van der Waals surface area contributed by atoms with Crippen LogP contribution in [0.25, 0.3) is 5.57 Å². The molecule has 0 spiro atoms. The third-order valence-corrected chi connectivity index (χ3v) is 5.62. The zero-order valence-electron chi connectivity index (χ0n) is 21.4. The van der Waals surface area contributed by atoms with E-state index in [1.165, 1.54) is 7.11 Å². The smallest absolute Gasteiger partial charge is 0.338 e. The molecular weight excluding hydrogens is 490 g/mol. The van der Waals surface area contributed by atoms with E-state index in [0.29, 0.717) is 36.3 Å². The van der Waals surface area contributed by atoms with Gasteiger partial charge >= 0.3 is 5.97 Å². The van der Waals surface area contributed by atoms with E-state index in [9.17, 15) is 19.2 Å². The maximum Gasteiger partial charge on any atom is 0.338 e. The van der Waals surface area contributed by atoms with E-state index in [0.717, 1.165) is 21.8 Å². The Morgan fingerprint density at radius 3 is 2.55 bits per heavy atom. The second kappa shape index (κ2) is 14.3. The summed E-state index contributed by atoms with van der Waals surface area (Å²) in [7, 11) is 1.31. The number of allylic oxidation sites excluding steroid dienone is 3. The number of carbonyl (C=O) groups excluding carboxylic acids is 4. The topological polar surface area (TPSA) is 123 Å². The van der Waals surface area contributed by atoms with Crippen LogP contribution in [0.5, 0.6) is 5.75 Å². The minimum atomic E-state index is -0.480. The normalized spacial score (nSPS) is 12.2. The fourth-order valence-corrected chi connectivity index (χ4v) is 3.66. The number of hydroxylamine groups is 2. The monoisotopic (exact) mass is 521 g/mol. The van der Waals surface area contributed by atoms with Gasteiger partial charge in [0, 0.05) is 18.4 Å². The second-order valence-electron chi connectivity index (χ2n) is 8.27. The molecule has 2 N–H and O–H groups in total. The lowest BCUT2D eigenvalue weighted by molar-refractivity contribution is -0.178. The average Bonchev–Trinajstić information content (AvgIpc) is 3.44. The van der Waals surface area contributed by atoms with Crippen LogP contribution in [0.1, 0.15) is 41.3 Å². The molecule has 1 aliphatic rings. The molecule has 1 aliphatic carbocycles. The van der Waals surface area contributed by atoms with E-state index in [2.05, 4.69) is 10.6 Å². The predicted molar refractivity (Wildman–Crippen MR) is 139 cm³/mol. The van der Waals surface area contributed by atoms with Gasteiger partial charge in [-0.15, -0.1) is 0 Å². The molecular formula is C28H31N3O7. The highest BCUT2D eigenvalue weighted by molar-refractivity contribution is 5.99. The molecule has 3 rings (SSSR count). The van der Waals surface area contributed by atoms with Crippen LogP contribution in [0.2, 0.25) is 0 Å². The van der Waals surface area contributed by atoms with Crippen LogP contribution in [-0.4, -0.2) is 56.2 Å². The summed E-state index contributed by atoms with van der Waals surface area (Å²) in [4.78, 5) is 53.4. The molecule has 0 atom stereocenters. The van der Waals surface area contributed by atoms with Crippen molar-refractivity contribution in [3.8, 4) is 5.75 Å². The molecule has 0 bridgehead atoms. The Balaban J connectivity index is 1.42. The highest BCUT2D eigenvalue weighted by atomic mass is 16.7. The van der Waals surface area contributed by atoms with E-state index in [1.807, 2.05) is 49.4 Å². The third kappa shape index (κ3) is 8.31. The van der Waals surface area contributed by atoms with Crippen molar-refractivity contribution in [3.63, 3.8) is 0 Å². The molecule has 3 amide bonds. The van der Waals surface area contributed by atoms with Gasteiger partial charge in [-0.1, -0.05) is 42.5 Å². The zero-order chi connectivity index (χ0) is 27.3. The van der Waals surface area contributed by atoms with Gasteiger partial charge in [-0.2, -0.15) is 0 Å². The first-order valence-electron chi connectivity index (χ1n) is 12.1. The summed E-state index contributed by atoms with van der Waals surface area (Å²) >= 11 is 0. The third-order valence-electron chi connectivity index (χ3n) is 5.62. The van der Waals surface area contributed by atoms with E-state index < -0.39 is 5.97 Å². The minimum absolute atomic E-state index is 0.0104. The summed E-state index contributed by atoms with van der Waals surface area (Å²) in [6, 6.07) is 14.5. The SMILES string of the molecule is CCOc1cc(C(=O)OC)cc(C2=CC=C(C(=O)NCNC(=O)CCN(C=O)OCc3ccccc3)C2)c1. The minimum Gasteiger partial charge on any atom is -0.494 e. The second-order valence-corrected chi connectivity index (χ2v) is 8.27. The van der Waals surface area contributed by atoms with Crippen LogP contribution in [0, 0.1) is 0 Å². The summed E-state index contributed by atoms with van der Waals surface area (Å²) < 4.78 is 10.4. The molecule has 0 heterocycles. The van der Waals surface area contributed by atoms with E-state index in [-0.39, 0.29) is 38.1 Å². The van der Waals surface area contributed by atoms with Gasteiger partial charge in [-0.3, -0.25) is 19.2 Å². The Kier molecular flexibility index (Phi) is 10.6. The molecule has 0 unspecified atom stereocenters. The van der Waals surface area contributed by atoms with Crippen LogP contribution in [0.15, 0.2) is 66.3 Å². The number of hydrogen-bond donors (Lipinski definition) is 2. The average molecular weight is 522 g/mol. The molecule has 200 valence electrons. The number of ether oxygens (including phenoxy) is 2. The Hall–Kier alpha value is -4.44. The Morgan fingerprint density at radius 1 is 1.05 bits per heavy atom. The van der Waals surface area contributed by atoms with Crippen LogP contribution >= 0.6 is 0 Å². The van der Waals surface area contributed by atoms with Crippen molar-refractivity contribution in [2.75, 3.05) is 26.9 Å². The Morgan fingerprint density at radius 2 is 1.84 bits per heavy atom. The lowest BCUT2D eigenvalue weighted by atomic mass is 10.00. The van der Waals surface area contributed by atoms with Crippen molar-refractivity contribution >= 4 is 29.8 Å². The highest BCUT2D eigenvalue weighted by Crippen LogP contribution is 2.31. The zero-order valence-corrected chi connectivity index (χ0v) is 21.4. The first kappa shape index (κ1) is 28.1. The van der Waals surface area contributed by atoms with Crippen LogP contribution < -0.4 is 15.4 Å². The number of esters is 1. The number of methoxy groups -OCH3 is 1. The van der Waals surface area contributed by atoms with Crippen molar-refractivity contribution in [3.05, 3.63) is 82.9 Å². The summed E-state index contributed by atoms with van der Waals surface area (Å²) in [5, 5.41) is 6.32. The summed E-state index contributed by atoms with van der Waals surface area (Å²) in [5.74, 6) is -0.619. The quantitative estimate of drug-likeness (QED) is 0.170. The number of nitrogens with one attached hydrogen (secondary N) is 2. The Labute approximate surface area is 221 Å². The lowest BCUT2D eigenvalue weighted by Gasteiger charge is -2.16. The molecule has 0 saturated heterocycles. The number of rotatable bonds is 14. The van der Waals surface area contributed by atoms with Crippen LogP contribution in [-0.2, 0) is 30.6 Å². The van der Waals surface area contributed by atoms with Gasteiger partial charge < -0.3 is 20.1 Å². The molecule has 2 aromatic rings. The van der Waals surface area contributed by atoms with Gasteiger partial charge in [0.1, 0.15) is 12.4 Å². The number of hydrogen-bond acceptors (Lipinski definition) is 7. The fourth-order valence-electron chi connectivity index (χ4n) is 3.66. The van der Waals surface area contributed by atoms with Gasteiger partial charge in [-0.25, -0.2) is 9.86 Å². The van der Waals surface area contributed by atoms with Crippen molar-refractivity contribution in [2.45, 2.75) is 26.4 Å². The molecule has 10 heteroatoms. The van der Waals surface area contributed by atoms with Crippen molar-refractivity contribution in [1.29, 1.82) is 0 Å². The fraction of sp³-hybridized carbons (Fsp3) is 0.286. The van der Waals surface area contributed by atoms with E-state index >= 15 is 0 Å². The van der Waals surface area contributed by atoms with E-state index in [4.69, 9.17) is 14.3 Å². The molecule has 0 saturated carbocycles. The molecule has 0 fully saturated rings. The summed E-state index contributed by atoms with van der Waals surface area (Å²) in [6.45, 7) is 2.50. The van der Waals surface area contributed by atoms with Gasteiger partial charge in [0.2, 0.25) is 18.2 Å².